The monoisotopic (exact) mass is 250 g/mol. The van der Waals surface area contributed by atoms with Crippen molar-refractivity contribution >= 4 is 0 Å². The van der Waals surface area contributed by atoms with Crippen LogP contribution in [0.2, 0.25) is 0 Å². The molecule has 3 unspecified atom stereocenters. The molecule has 0 bridgehead atoms. The van der Waals surface area contributed by atoms with Crippen molar-refractivity contribution in [2.75, 3.05) is 7.05 Å². The van der Waals surface area contributed by atoms with Gasteiger partial charge in [-0.05, 0) is 31.7 Å². The Hall–Kier alpha value is -0.900. The molecule has 1 aromatic rings. The number of aryl methyl sites for hydroxylation is 1. The molecule has 0 radical (unpaired) electrons. The van der Waals surface area contributed by atoms with Crippen LogP contribution in [-0.2, 0) is 13.0 Å². The SMILES string of the molecule is CCCn1ncnc1CC(NC)C1CCCC1C. The standard InChI is InChI=1S/C14H26N4/c1-4-8-18-14(16-10-17-18)9-13(15-3)12-7-5-6-11(12)2/h10-13,15H,4-9H2,1-3H3. The fourth-order valence-electron chi connectivity index (χ4n) is 3.28. The molecule has 4 nitrogen and oxygen atoms in total. The molecular weight excluding hydrogens is 224 g/mol. The molecule has 1 saturated carbocycles. The van der Waals surface area contributed by atoms with E-state index in [-0.39, 0.29) is 0 Å². The van der Waals surface area contributed by atoms with Gasteiger partial charge in [-0.2, -0.15) is 5.10 Å². The van der Waals surface area contributed by atoms with Crippen molar-refractivity contribution in [2.24, 2.45) is 11.8 Å². The van der Waals surface area contributed by atoms with Crippen molar-refractivity contribution in [3.63, 3.8) is 0 Å². The van der Waals surface area contributed by atoms with Crippen LogP contribution in [-0.4, -0.2) is 27.9 Å². The van der Waals surface area contributed by atoms with Gasteiger partial charge in [-0.25, -0.2) is 4.98 Å². The zero-order chi connectivity index (χ0) is 13.0. The average Bonchev–Trinajstić information content (AvgIpc) is 2.96. The van der Waals surface area contributed by atoms with E-state index in [0.717, 1.165) is 37.0 Å². The molecule has 0 spiro atoms. The average molecular weight is 250 g/mol. The van der Waals surface area contributed by atoms with Crippen LogP contribution in [0.4, 0.5) is 0 Å². The van der Waals surface area contributed by atoms with E-state index < -0.39 is 0 Å². The van der Waals surface area contributed by atoms with Gasteiger partial charge in [0, 0.05) is 19.0 Å². The molecule has 1 N–H and O–H groups in total. The first-order chi connectivity index (χ1) is 8.76. The maximum absolute atomic E-state index is 4.43. The summed E-state index contributed by atoms with van der Waals surface area (Å²) in [7, 11) is 2.08. The third-order valence-electron chi connectivity index (χ3n) is 4.35. The summed E-state index contributed by atoms with van der Waals surface area (Å²) in [5, 5.41) is 7.82. The van der Waals surface area contributed by atoms with Crippen molar-refractivity contribution in [1.82, 2.24) is 20.1 Å². The highest BCUT2D eigenvalue weighted by Gasteiger charge is 2.30. The van der Waals surface area contributed by atoms with Gasteiger partial charge in [0.15, 0.2) is 0 Å². The number of likely N-dealkylation sites (N-methyl/N-ethyl adjacent to an activating group) is 1. The number of nitrogens with one attached hydrogen (secondary N) is 1. The Morgan fingerprint density at radius 2 is 2.33 bits per heavy atom. The molecule has 0 saturated heterocycles. The number of aromatic nitrogens is 3. The van der Waals surface area contributed by atoms with Gasteiger partial charge in [-0.3, -0.25) is 4.68 Å². The second-order valence-corrected chi connectivity index (χ2v) is 5.57. The lowest BCUT2D eigenvalue weighted by Crippen LogP contribution is -2.37. The Morgan fingerprint density at radius 1 is 1.50 bits per heavy atom. The van der Waals surface area contributed by atoms with Gasteiger partial charge in [0.25, 0.3) is 0 Å². The summed E-state index contributed by atoms with van der Waals surface area (Å²) in [4.78, 5) is 4.43. The summed E-state index contributed by atoms with van der Waals surface area (Å²) in [5.74, 6) is 2.77. The lowest BCUT2D eigenvalue weighted by atomic mass is 9.88. The first-order valence-corrected chi connectivity index (χ1v) is 7.30. The third-order valence-corrected chi connectivity index (χ3v) is 4.35. The first-order valence-electron chi connectivity index (χ1n) is 7.30. The minimum Gasteiger partial charge on any atom is -0.316 e. The summed E-state index contributed by atoms with van der Waals surface area (Å²) in [6, 6.07) is 0.544. The Balaban J connectivity index is 2.03. The molecule has 1 heterocycles. The fourth-order valence-corrected chi connectivity index (χ4v) is 3.28. The van der Waals surface area contributed by atoms with E-state index in [1.54, 1.807) is 6.33 Å². The van der Waals surface area contributed by atoms with Gasteiger partial charge in [0.1, 0.15) is 12.2 Å². The van der Waals surface area contributed by atoms with Gasteiger partial charge in [0.05, 0.1) is 0 Å². The predicted molar refractivity (Wildman–Crippen MR) is 73.4 cm³/mol. The Labute approximate surface area is 110 Å². The van der Waals surface area contributed by atoms with Gasteiger partial charge in [0.2, 0.25) is 0 Å². The molecule has 0 aromatic carbocycles. The van der Waals surface area contributed by atoms with Crippen molar-refractivity contribution in [2.45, 2.75) is 58.5 Å². The van der Waals surface area contributed by atoms with Crippen LogP contribution in [0.15, 0.2) is 6.33 Å². The van der Waals surface area contributed by atoms with Crippen molar-refractivity contribution in [1.29, 1.82) is 0 Å². The fraction of sp³-hybridized carbons (Fsp3) is 0.857. The molecular formula is C14H26N4. The van der Waals surface area contributed by atoms with Gasteiger partial charge in [-0.1, -0.05) is 26.7 Å². The van der Waals surface area contributed by atoms with E-state index in [4.69, 9.17) is 0 Å². The molecule has 1 fully saturated rings. The van der Waals surface area contributed by atoms with Crippen LogP contribution >= 0.6 is 0 Å². The number of hydrogen-bond donors (Lipinski definition) is 1. The smallest absolute Gasteiger partial charge is 0.138 e. The molecule has 0 amide bonds. The van der Waals surface area contributed by atoms with Crippen molar-refractivity contribution in [3.8, 4) is 0 Å². The zero-order valence-corrected chi connectivity index (χ0v) is 11.9. The van der Waals surface area contributed by atoms with Crippen LogP contribution in [0.3, 0.4) is 0 Å². The summed E-state index contributed by atoms with van der Waals surface area (Å²) in [5.41, 5.74) is 0. The van der Waals surface area contributed by atoms with Crippen LogP contribution in [0.25, 0.3) is 0 Å². The highest BCUT2D eigenvalue weighted by atomic mass is 15.3. The van der Waals surface area contributed by atoms with E-state index in [1.807, 2.05) is 0 Å². The van der Waals surface area contributed by atoms with E-state index in [9.17, 15) is 0 Å². The van der Waals surface area contributed by atoms with Crippen LogP contribution in [0.5, 0.6) is 0 Å². The first kappa shape index (κ1) is 13.5. The predicted octanol–water partition coefficient (Wildman–Crippen LogP) is 2.25. The molecule has 4 heteroatoms. The number of rotatable bonds is 6. The molecule has 0 aliphatic heterocycles. The maximum Gasteiger partial charge on any atom is 0.138 e. The molecule has 1 aromatic heterocycles. The summed E-state index contributed by atoms with van der Waals surface area (Å²) < 4.78 is 2.06. The lowest BCUT2D eigenvalue weighted by molar-refractivity contribution is 0.301. The molecule has 18 heavy (non-hydrogen) atoms. The summed E-state index contributed by atoms with van der Waals surface area (Å²) >= 11 is 0. The van der Waals surface area contributed by atoms with Crippen LogP contribution in [0, 0.1) is 11.8 Å². The largest absolute Gasteiger partial charge is 0.316 e. The second kappa shape index (κ2) is 6.32. The topological polar surface area (TPSA) is 42.7 Å². The number of nitrogens with zero attached hydrogens (tertiary/aromatic N) is 3. The van der Waals surface area contributed by atoms with Crippen LogP contribution < -0.4 is 5.32 Å². The van der Waals surface area contributed by atoms with Crippen molar-refractivity contribution in [3.05, 3.63) is 12.2 Å². The van der Waals surface area contributed by atoms with E-state index in [2.05, 4.69) is 41.0 Å². The summed E-state index contributed by atoms with van der Waals surface area (Å²) in [6.07, 6.45) is 7.92. The normalized spacial score (nSPS) is 25.5. The van der Waals surface area contributed by atoms with Gasteiger partial charge in [-0.15, -0.1) is 0 Å². The third kappa shape index (κ3) is 2.91. The maximum atomic E-state index is 4.43. The highest BCUT2D eigenvalue weighted by molar-refractivity contribution is 4.94. The Bertz CT molecular complexity index is 360. The lowest BCUT2D eigenvalue weighted by Gasteiger charge is -2.26. The summed E-state index contributed by atoms with van der Waals surface area (Å²) in [6.45, 7) is 5.55. The van der Waals surface area contributed by atoms with E-state index in [1.165, 1.54) is 19.3 Å². The quantitative estimate of drug-likeness (QED) is 0.842. The zero-order valence-electron chi connectivity index (χ0n) is 11.9. The number of hydrogen-bond acceptors (Lipinski definition) is 3. The Morgan fingerprint density at radius 3 is 2.94 bits per heavy atom. The molecule has 102 valence electrons. The van der Waals surface area contributed by atoms with Gasteiger partial charge < -0.3 is 5.32 Å². The minimum absolute atomic E-state index is 0.544. The highest BCUT2D eigenvalue weighted by Crippen LogP contribution is 2.34. The molecule has 3 atom stereocenters. The van der Waals surface area contributed by atoms with Crippen LogP contribution in [0.1, 0.15) is 45.4 Å². The van der Waals surface area contributed by atoms with E-state index >= 15 is 0 Å². The molecule has 2 rings (SSSR count). The minimum atomic E-state index is 0.544. The molecule has 1 aliphatic rings. The Kier molecular flexibility index (Phi) is 4.75. The van der Waals surface area contributed by atoms with Gasteiger partial charge >= 0.3 is 0 Å². The van der Waals surface area contributed by atoms with E-state index in [0.29, 0.717) is 6.04 Å². The van der Waals surface area contributed by atoms with Crippen molar-refractivity contribution < 1.29 is 0 Å². The molecule has 1 aliphatic carbocycles. The second-order valence-electron chi connectivity index (χ2n) is 5.57.